The molecule has 3 aromatic rings. The number of halogens is 1. The minimum Gasteiger partial charge on any atom is -0.308 e. The Morgan fingerprint density at radius 3 is 2.81 bits per heavy atom. The number of carbonyl (C=O) groups is 1. The van der Waals surface area contributed by atoms with Gasteiger partial charge in [0.25, 0.3) is 0 Å². The Morgan fingerprint density at radius 1 is 1.31 bits per heavy atom. The third-order valence-electron chi connectivity index (χ3n) is 3.56. The van der Waals surface area contributed by atoms with E-state index in [9.17, 15) is 14.9 Å². The molecule has 0 aliphatic heterocycles. The molecule has 2 aromatic heterocycles. The number of anilines is 1. The monoisotopic (exact) mass is 374 g/mol. The van der Waals surface area contributed by atoms with E-state index in [0.717, 1.165) is 5.56 Å². The topological polar surface area (TPSA) is 108 Å². The van der Waals surface area contributed by atoms with E-state index in [0.29, 0.717) is 17.4 Å². The second-order valence-corrected chi connectivity index (χ2v) is 6.07. The maximum atomic E-state index is 12.1. The molecule has 26 heavy (non-hydrogen) atoms. The van der Waals surface area contributed by atoms with Crippen molar-refractivity contribution in [1.29, 1.82) is 0 Å². The average molecular weight is 375 g/mol. The van der Waals surface area contributed by atoms with Gasteiger partial charge in [0.1, 0.15) is 18.4 Å². The molecule has 1 N–H and O–H groups in total. The van der Waals surface area contributed by atoms with Gasteiger partial charge in [0.05, 0.1) is 11.5 Å². The highest BCUT2D eigenvalue weighted by Gasteiger charge is 2.17. The van der Waals surface area contributed by atoms with Crippen LogP contribution in [0.25, 0.3) is 0 Å². The lowest BCUT2D eigenvalue weighted by Crippen LogP contribution is -2.19. The second-order valence-electron chi connectivity index (χ2n) is 5.63. The van der Waals surface area contributed by atoms with Gasteiger partial charge in [-0.15, -0.1) is 0 Å². The minimum atomic E-state index is -0.533. The first-order valence-electron chi connectivity index (χ1n) is 7.67. The summed E-state index contributed by atoms with van der Waals surface area (Å²) in [4.78, 5) is 22.4. The van der Waals surface area contributed by atoms with Gasteiger partial charge in [0, 0.05) is 17.3 Å². The van der Waals surface area contributed by atoms with Crippen molar-refractivity contribution in [3.63, 3.8) is 0 Å². The Kier molecular flexibility index (Phi) is 4.99. The van der Waals surface area contributed by atoms with Crippen molar-refractivity contribution in [3.8, 4) is 0 Å². The van der Waals surface area contributed by atoms with Crippen LogP contribution in [-0.4, -0.2) is 30.4 Å². The molecule has 0 saturated heterocycles. The molecule has 134 valence electrons. The molecule has 10 heteroatoms. The first-order valence-corrected chi connectivity index (χ1v) is 8.05. The summed E-state index contributed by atoms with van der Waals surface area (Å²) >= 11 is 5.96. The average Bonchev–Trinajstić information content (AvgIpc) is 3.13. The summed E-state index contributed by atoms with van der Waals surface area (Å²) in [6, 6.07) is 9.09. The molecule has 1 aromatic carbocycles. The second kappa shape index (κ2) is 7.36. The molecule has 0 aliphatic rings. The number of nitrogens with zero attached hydrogens (tertiary/aromatic N) is 5. The number of aryl methyl sites for hydroxylation is 1. The number of nitrogens with one attached hydrogen (secondary N) is 1. The molecular formula is C16H15ClN6O3. The van der Waals surface area contributed by atoms with Gasteiger partial charge in [-0.25, -0.2) is 0 Å². The normalized spacial score (nSPS) is 10.7. The summed E-state index contributed by atoms with van der Waals surface area (Å²) in [5.41, 5.74) is 1.12. The fourth-order valence-corrected chi connectivity index (χ4v) is 2.65. The quantitative estimate of drug-likeness (QED) is 0.527. The predicted molar refractivity (Wildman–Crippen MR) is 95.0 cm³/mol. The molecule has 3 rings (SSSR count). The van der Waals surface area contributed by atoms with Crippen LogP contribution in [0.2, 0.25) is 5.02 Å². The highest BCUT2D eigenvalue weighted by atomic mass is 35.5. The van der Waals surface area contributed by atoms with Crippen molar-refractivity contribution < 1.29 is 9.72 Å². The van der Waals surface area contributed by atoms with E-state index < -0.39 is 4.92 Å². The van der Waals surface area contributed by atoms with Crippen LogP contribution in [-0.2, 0) is 17.9 Å². The van der Waals surface area contributed by atoms with E-state index >= 15 is 0 Å². The van der Waals surface area contributed by atoms with Gasteiger partial charge in [0.15, 0.2) is 5.82 Å². The zero-order valence-electron chi connectivity index (χ0n) is 13.8. The Labute approximate surface area is 153 Å². The van der Waals surface area contributed by atoms with Gasteiger partial charge < -0.3 is 5.32 Å². The van der Waals surface area contributed by atoms with Crippen LogP contribution in [0.3, 0.4) is 0 Å². The molecule has 9 nitrogen and oxygen atoms in total. The molecule has 0 aliphatic carbocycles. The number of amides is 1. The molecule has 0 spiro atoms. The fraction of sp³-hybridized carbons (Fsp3) is 0.188. The molecule has 1 amide bonds. The lowest BCUT2D eigenvalue weighted by atomic mass is 10.2. The summed E-state index contributed by atoms with van der Waals surface area (Å²) in [5.74, 6) is 0.00538. The first kappa shape index (κ1) is 17.6. The summed E-state index contributed by atoms with van der Waals surface area (Å²) < 4.78 is 2.90. The Morgan fingerprint density at radius 2 is 2.12 bits per heavy atom. The van der Waals surface area contributed by atoms with E-state index in [4.69, 9.17) is 11.6 Å². The highest BCUT2D eigenvalue weighted by Crippen LogP contribution is 2.15. The van der Waals surface area contributed by atoms with Crippen LogP contribution in [0.5, 0.6) is 0 Å². The fourth-order valence-electron chi connectivity index (χ4n) is 2.44. The number of aromatic nitrogens is 4. The van der Waals surface area contributed by atoms with Crippen LogP contribution in [0.4, 0.5) is 11.5 Å². The van der Waals surface area contributed by atoms with Crippen LogP contribution in [0.15, 0.2) is 42.7 Å². The summed E-state index contributed by atoms with van der Waals surface area (Å²) in [5, 5.41) is 22.3. The summed E-state index contributed by atoms with van der Waals surface area (Å²) in [6.07, 6.45) is 2.96. The zero-order chi connectivity index (χ0) is 18.7. The van der Waals surface area contributed by atoms with Crippen LogP contribution < -0.4 is 5.32 Å². The third-order valence-corrected chi connectivity index (χ3v) is 3.80. The summed E-state index contributed by atoms with van der Waals surface area (Å²) in [7, 11) is 0. The van der Waals surface area contributed by atoms with Crippen LogP contribution in [0.1, 0.15) is 11.3 Å². The number of carbonyl (C=O) groups excluding carboxylic acids is 1. The lowest BCUT2D eigenvalue weighted by molar-refractivity contribution is -0.385. The van der Waals surface area contributed by atoms with Gasteiger partial charge in [-0.3, -0.25) is 24.3 Å². The molecular weight excluding hydrogens is 360 g/mol. The number of hydrogen-bond acceptors (Lipinski definition) is 5. The zero-order valence-corrected chi connectivity index (χ0v) is 14.6. The standard InChI is InChI=1S/C16H15ClN6O3/c1-11-14(23(25)26)9-22(19-11)10-16(24)18-15-5-6-21(20-15)8-12-3-2-4-13(17)7-12/h2-7,9H,8,10H2,1H3,(H,18,20,24). The van der Waals surface area contributed by atoms with Crippen LogP contribution in [0, 0.1) is 17.0 Å². The third kappa shape index (κ3) is 4.25. The van der Waals surface area contributed by atoms with Crippen molar-refractivity contribution in [3.05, 3.63) is 69.1 Å². The Bertz CT molecular complexity index is 965. The number of nitro groups is 1. The van der Waals surface area contributed by atoms with Gasteiger partial charge in [-0.1, -0.05) is 23.7 Å². The van der Waals surface area contributed by atoms with Crippen molar-refractivity contribution in [2.24, 2.45) is 0 Å². The molecule has 0 unspecified atom stereocenters. The molecule has 0 saturated carbocycles. The van der Waals surface area contributed by atoms with Crippen molar-refractivity contribution in [2.75, 3.05) is 5.32 Å². The molecule has 2 heterocycles. The van der Waals surface area contributed by atoms with Gasteiger partial charge in [-0.05, 0) is 24.6 Å². The van der Waals surface area contributed by atoms with Crippen LogP contribution >= 0.6 is 11.6 Å². The molecule has 0 radical (unpaired) electrons. The van der Waals surface area contributed by atoms with E-state index in [1.807, 2.05) is 18.2 Å². The minimum absolute atomic E-state index is 0.122. The smallest absolute Gasteiger partial charge is 0.308 e. The van der Waals surface area contributed by atoms with E-state index in [-0.39, 0.29) is 23.8 Å². The SMILES string of the molecule is Cc1nn(CC(=O)Nc2ccn(Cc3cccc(Cl)c3)n2)cc1[N+](=O)[O-]. The number of hydrogen-bond donors (Lipinski definition) is 1. The summed E-state index contributed by atoms with van der Waals surface area (Å²) in [6.45, 7) is 1.89. The van der Waals surface area contributed by atoms with Crippen molar-refractivity contribution in [2.45, 2.75) is 20.0 Å². The van der Waals surface area contributed by atoms with Crippen molar-refractivity contribution >= 4 is 29.0 Å². The van der Waals surface area contributed by atoms with E-state index in [1.165, 1.54) is 17.8 Å². The van der Waals surface area contributed by atoms with Gasteiger partial charge in [-0.2, -0.15) is 10.2 Å². The highest BCUT2D eigenvalue weighted by molar-refractivity contribution is 6.30. The molecule has 0 atom stereocenters. The number of rotatable bonds is 6. The van der Waals surface area contributed by atoms with Gasteiger partial charge in [0.2, 0.25) is 5.91 Å². The Hall–Kier alpha value is -3.20. The maximum Gasteiger partial charge on any atom is 0.309 e. The Balaban J connectivity index is 1.61. The van der Waals surface area contributed by atoms with Gasteiger partial charge >= 0.3 is 5.69 Å². The lowest BCUT2D eigenvalue weighted by Gasteiger charge is -2.03. The first-order chi connectivity index (χ1) is 12.4. The maximum absolute atomic E-state index is 12.1. The predicted octanol–water partition coefficient (Wildman–Crippen LogP) is 2.64. The molecule has 0 fully saturated rings. The molecule has 0 bridgehead atoms. The largest absolute Gasteiger partial charge is 0.309 e. The van der Waals surface area contributed by atoms with E-state index in [2.05, 4.69) is 15.5 Å². The van der Waals surface area contributed by atoms with E-state index in [1.54, 1.807) is 23.0 Å². The number of benzene rings is 1. The van der Waals surface area contributed by atoms with Crippen molar-refractivity contribution in [1.82, 2.24) is 19.6 Å².